The summed E-state index contributed by atoms with van der Waals surface area (Å²) in [5.41, 5.74) is 2.30. The number of hydrogen-bond acceptors (Lipinski definition) is 2. The molecule has 2 aromatic carbocycles. The first-order chi connectivity index (χ1) is 10.1. The van der Waals surface area contributed by atoms with Gasteiger partial charge in [-0.1, -0.05) is 12.1 Å². The third-order valence-electron chi connectivity index (χ3n) is 3.60. The van der Waals surface area contributed by atoms with E-state index in [1.165, 1.54) is 0 Å². The lowest BCUT2D eigenvalue weighted by Gasteiger charge is -2.30. The van der Waals surface area contributed by atoms with Crippen LogP contribution in [0.1, 0.15) is 22.3 Å². The maximum atomic E-state index is 12.9. The van der Waals surface area contributed by atoms with Gasteiger partial charge in [0.25, 0.3) is 5.91 Å². The average Bonchev–Trinajstić information content (AvgIpc) is 2.49. The Morgan fingerprint density at radius 2 is 2.10 bits per heavy atom. The SMILES string of the molecule is O=C(c1cc(I)ccc1Br)N1CCCc2cccc(O)c21. The molecular formula is C16H13BrINO2. The lowest BCUT2D eigenvalue weighted by Crippen LogP contribution is -2.35. The Balaban J connectivity index is 2.06. The van der Waals surface area contributed by atoms with Crippen LogP contribution in [-0.4, -0.2) is 17.6 Å². The summed E-state index contributed by atoms with van der Waals surface area (Å²) < 4.78 is 1.78. The van der Waals surface area contributed by atoms with Gasteiger partial charge in [-0.15, -0.1) is 0 Å². The minimum absolute atomic E-state index is 0.0807. The summed E-state index contributed by atoms with van der Waals surface area (Å²) in [6.07, 6.45) is 1.80. The second-order valence-electron chi connectivity index (χ2n) is 4.97. The van der Waals surface area contributed by atoms with E-state index in [0.717, 1.165) is 26.4 Å². The average molecular weight is 458 g/mol. The molecule has 21 heavy (non-hydrogen) atoms. The highest BCUT2D eigenvalue weighted by molar-refractivity contribution is 14.1. The zero-order valence-electron chi connectivity index (χ0n) is 11.1. The number of halogens is 2. The van der Waals surface area contributed by atoms with E-state index in [2.05, 4.69) is 38.5 Å². The van der Waals surface area contributed by atoms with E-state index in [1.807, 2.05) is 30.3 Å². The van der Waals surface area contributed by atoms with Gasteiger partial charge in [0.2, 0.25) is 0 Å². The number of phenols is 1. The number of carbonyl (C=O) groups is 1. The van der Waals surface area contributed by atoms with E-state index in [4.69, 9.17) is 0 Å². The van der Waals surface area contributed by atoms with Gasteiger partial charge in [0, 0.05) is 14.6 Å². The van der Waals surface area contributed by atoms with Gasteiger partial charge in [-0.05, 0) is 81.2 Å². The van der Waals surface area contributed by atoms with Crippen molar-refractivity contribution in [1.82, 2.24) is 0 Å². The third-order valence-corrected chi connectivity index (χ3v) is 4.96. The van der Waals surface area contributed by atoms with E-state index < -0.39 is 0 Å². The number of para-hydroxylation sites is 1. The summed E-state index contributed by atoms with van der Waals surface area (Å²) in [4.78, 5) is 14.6. The van der Waals surface area contributed by atoms with Crippen LogP contribution >= 0.6 is 38.5 Å². The highest BCUT2D eigenvalue weighted by atomic mass is 127. The van der Waals surface area contributed by atoms with Gasteiger partial charge in [-0.25, -0.2) is 0 Å². The standard InChI is InChI=1S/C16H13BrINO2/c17-13-7-6-11(18)9-12(13)16(21)19-8-2-4-10-3-1-5-14(20)15(10)19/h1,3,5-7,9,20H,2,4,8H2. The molecule has 0 saturated carbocycles. The van der Waals surface area contributed by atoms with Gasteiger partial charge in [0.1, 0.15) is 5.75 Å². The third kappa shape index (κ3) is 2.81. The van der Waals surface area contributed by atoms with Crippen LogP contribution in [0.2, 0.25) is 0 Å². The molecule has 0 aromatic heterocycles. The molecule has 1 amide bonds. The highest BCUT2D eigenvalue weighted by Crippen LogP contribution is 2.37. The number of amides is 1. The van der Waals surface area contributed by atoms with Crippen molar-refractivity contribution in [2.45, 2.75) is 12.8 Å². The number of rotatable bonds is 1. The largest absolute Gasteiger partial charge is 0.506 e. The van der Waals surface area contributed by atoms with Crippen LogP contribution in [0.5, 0.6) is 5.75 Å². The fourth-order valence-electron chi connectivity index (χ4n) is 2.64. The molecule has 108 valence electrons. The highest BCUT2D eigenvalue weighted by Gasteiger charge is 2.27. The Morgan fingerprint density at radius 1 is 1.29 bits per heavy atom. The van der Waals surface area contributed by atoms with Crippen molar-refractivity contribution in [2.24, 2.45) is 0 Å². The molecular weight excluding hydrogens is 445 g/mol. The Bertz CT molecular complexity index is 717. The zero-order chi connectivity index (χ0) is 15.0. The lowest BCUT2D eigenvalue weighted by molar-refractivity contribution is 0.0983. The molecule has 0 radical (unpaired) electrons. The van der Waals surface area contributed by atoms with Crippen molar-refractivity contribution in [3.05, 3.63) is 55.6 Å². The van der Waals surface area contributed by atoms with E-state index in [0.29, 0.717) is 17.8 Å². The van der Waals surface area contributed by atoms with Crippen molar-refractivity contribution >= 4 is 50.1 Å². The maximum Gasteiger partial charge on any atom is 0.259 e. The molecule has 3 nitrogen and oxygen atoms in total. The summed E-state index contributed by atoms with van der Waals surface area (Å²) in [6, 6.07) is 11.1. The summed E-state index contributed by atoms with van der Waals surface area (Å²) in [6.45, 7) is 0.626. The molecule has 1 aliphatic rings. The maximum absolute atomic E-state index is 12.9. The molecule has 5 heteroatoms. The van der Waals surface area contributed by atoms with Gasteiger partial charge in [0.15, 0.2) is 0 Å². The van der Waals surface area contributed by atoms with Crippen LogP contribution in [0.25, 0.3) is 0 Å². The van der Waals surface area contributed by atoms with Gasteiger partial charge in [-0.3, -0.25) is 4.79 Å². The van der Waals surface area contributed by atoms with Crippen molar-refractivity contribution in [3.63, 3.8) is 0 Å². The number of anilines is 1. The van der Waals surface area contributed by atoms with E-state index >= 15 is 0 Å². The number of phenolic OH excluding ortho intramolecular Hbond substituents is 1. The number of nitrogens with zero attached hydrogens (tertiary/aromatic N) is 1. The Labute approximate surface area is 145 Å². The summed E-state index contributed by atoms with van der Waals surface area (Å²) in [5, 5.41) is 10.1. The fourth-order valence-corrected chi connectivity index (χ4v) is 3.55. The lowest BCUT2D eigenvalue weighted by atomic mass is 10.00. The summed E-state index contributed by atoms with van der Waals surface area (Å²) in [7, 11) is 0. The molecule has 0 atom stereocenters. The van der Waals surface area contributed by atoms with Crippen molar-refractivity contribution in [2.75, 3.05) is 11.4 Å². The minimum atomic E-state index is -0.0807. The van der Waals surface area contributed by atoms with Crippen molar-refractivity contribution in [3.8, 4) is 5.75 Å². The van der Waals surface area contributed by atoms with Crippen molar-refractivity contribution in [1.29, 1.82) is 0 Å². The molecule has 0 unspecified atom stereocenters. The quantitative estimate of drug-likeness (QED) is 0.646. The monoisotopic (exact) mass is 457 g/mol. The first kappa shape index (κ1) is 14.8. The molecule has 1 aliphatic heterocycles. The second kappa shape index (κ2) is 5.96. The zero-order valence-corrected chi connectivity index (χ0v) is 14.9. The predicted octanol–water partition coefficient (Wildman–Crippen LogP) is 4.35. The Hall–Kier alpha value is -1.08. The first-order valence-electron chi connectivity index (χ1n) is 6.65. The number of carbonyl (C=O) groups excluding carboxylic acids is 1. The normalized spacial score (nSPS) is 13.9. The number of aromatic hydroxyl groups is 1. The molecule has 1 N–H and O–H groups in total. The molecule has 0 bridgehead atoms. The molecule has 0 fully saturated rings. The van der Waals surface area contributed by atoms with Gasteiger partial charge >= 0.3 is 0 Å². The molecule has 3 rings (SSSR count). The molecule has 0 spiro atoms. The van der Waals surface area contributed by atoms with Gasteiger partial charge in [-0.2, -0.15) is 0 Å². The fraction of sp³-hybridized carbons (Fsp3) is 0.188. The molecule has 0 saturated heterocycles. The number of aryl methyl sites for hydroxylation is 1. The van der Waals surface area contributed by atoms with Crippen LogP contribution < -0.4 is 4.90 Å². The van der Waals surface area contributed by atoms with Crippen LogP contribution in [0.15, 0.2) is 40.9 Å². The first-order valence-corrected chi connectivity index (χ1v) is 8.53. The summed E-state index contributed by atoms with van der Waals surface area (Å²) >= 11 is 5.63. The minimum Gasteiger partial charge on any atom is -0.506 e. The number of hydrogen-bond donors (Lipinski definition) is 1. The Kier molecular flexibility index (Phi) is 4.21. The topological polar surface area (TPSA) is 40.5 Å². The Morgan fingerprint density at radius 3 is 2.90 bits per heavy atom. The van der Waals surface area contributed by atoms with Crippen LogP contribution in [0.4, 0.5) is 5.69 Å². The molecule has 1 heterocycles. The number of benzene rings is 2. The van der Waals surface area contributed by atoms with E-state index in [-0.39, 0.29) is 11.7 Å². The molecule has 2 aromatic rings. The van der Waals surface area contributed by atoms with Gasteiger partial charge in [0.05, 0.1) is 11.3 Å². The van der Waals surface area contributed by atoms with E-state index in [1.54, 1.807) is 11.0 Å². The molecule has 0 aliphatic carbocycles. The van der Waals surface area contributed by atoms with Crippen LogP contribution in [-0.2, 0) is 6.42 Å². The smallest absolute Gasteiger partial charge is 0.259 e. The van der Waals surface area contributed by atoms with Crippen LogP contribution in [0, 0.1) is 3.57 Å². The van der Waals surface area contributed by atoms with E-state index in [9.17, 15) is 9.90 Å². The summed E-state index contributed by atoms with van der Waals surface area (Å²) in [5.74, 6) is 0.0881. The van der Waals surface area contributed by atoms with Crippen LogP contribution in [0.3, 0.4) is 0 Å². The van der Waals surface area contributed by atoms with Gasteiger partial charge < -0.3 is 10.0 Å². The predicted molar refractivity (Wildman–Crippen MR) is 95.0 cm³/mol. The second-order valence-corrected chi connectivity index (χ2v) is 7.07. The number of fused-ring (bicyclic) bond motifs is 1. The van der Waals surface area contributed by atoms with Crippen molar-refractivity contribution < 1.29 is 9.90 Å².